The Hall–Kier alpha value is -2.73. The number of carbonyl (C=O) groups is 2. The molecule has 0 N–H and O–H groups in total. The van der Waals surface area contributed by atoms with E-state index in [1.54, 1.807) is 18.1 Å². The van der Waals surface area contributed by atoms with Crippen LogP contribution in [0.5, 0.6) is 0 Å². The van der Waals surface area contributed by atoms with Gasteiger partial charge in [-0.2, -0.15) is 0 Å². The van der Waals surface area contributed by atoms with Crippen molar-refractivity contribution >= 4 is 11.9 Å². The van der Waals surface area contributed by atoms with E-state index in [1.807, 2.05) is 62.5 Å². The fraction of sp³-hybridized carbons (Fsp3) is 0.458. The molecule has 2 heterocycles. The molecule has 0 aliphatic carbocycles. The van der Waals surface area contributed by atoms with E-state index >= 15 is 0 Å². The Kier molecular flexibility index (Phi) is 7.57. The number of amides is 1. The number of nitrogens with zero attached hydrogens (tertiary/aromatic N) is 3. The molecule has 1 fully saturated rings. The highest BCUT2D eigenvalue weighted by molar-refractivity contribution is 5.87. The van der Waals surface area contributed by atoms with Gasteiger partial charge in [-0.1, -0.05) is 50.2 Å². The first-order valence-corrected chi connectivity index (χ1v) is 10.6. The maximum atomic E-state index is 13.3. The van der Waals surface area contributed by atoms with Crippen molar-refractivity contribution < 1.29 is 14.3 Å². The Balaban J connectivity index is 1.65. The SMILES string of the molecule is CC(C)[C@@H](C(=O)OCc1ccccc1)N(C)C(=O)[C@H]1CCCN1Cc1cccnc1. The monoisotopic (exact) mass is 409 g/mol. The quantitative estimate of drug-likeness (QED) is 0.626. The van der Waals surface area contributed by atoms with Gasteiger partial charge in [-0.15, -0.1) is 0 Å². The van der Waals surface area contributed by atoms with Crippen LogP contribution in [0.2, 0.25) is 0 Å². The smallest absolute Gasteiger partial charge is 0.329 e. The van der Waals surface area contributed by atoms with Crippen molar-refractivity contribution in [3.63, 3.8) is 0 Å². The zero-order valence-electron chi connectivity index (χ0n) is 18.0. The van der Waals surface area contributed by atoms with E-state index in [9.17, 15) is 9.59 Å². The molecule has 0 unspecified atom stereocenters. The van der Waals surface area contributed by atoms with Crippen molar-refractivity contribution in [3.8, 4) is 0 Å². The molecule has 1 amide bonds. The van der Waals surface area contributed by atoms with Gasteiger partial charge in [-0.05, 0) is 42.5 Å². The van der Waals surface area contributed by atoms with Crippen LogP contribution in [0.1, 0.15) is 37.8 Å². The standard InChI is InChI=1S/C24H31N3O3/c1-18(2)22(24(29)30-17-19-9-5-4-6-10-19)26(3)23(28)21-12-8-14-27(21)16-20-11-7-13-25-15-20/h4-7,9-11,13,15,18,21-22H,8,12,14,16-17H2,1-3H3/t21-,22+/m1/s1. The third-order valence-electron chi connectivity index (χ3n) is 5.62. The van der Waals surface area contributed by atoms with Crippen LogP contribution >= 0.6 is 0 Å². The number of hydrogen-bond donors (Lipinski definition) is 0. The second-order valence-electron chi connectivity index (χ2n) is 8.22. The highest BCUT2D eigenvalue weighted by atomic mass is 16.5. The van der Waals surface area contributed by atoms with Gasteiger partial charge in [0.2, 0.25) is 5.91 Å². The molecule has 0 radical (unpaired) electrons. The van der Waals surface area contributed by atoms with Gasteiger partial charge < -0.3 is 9.64 Å². The molecule has 6 heteroatoms. The van der Waals surface area contributed by atoms with Crippen LogP contribution in [0.3, 0.4) is 0 Å². The highest BCUT2D eigenvalue weighted by Crippen LogP contribution is 2.24. The lowest BCUT2D eigenvalue weighted by Crippen LogP contribution is -2.52. The van der Waals surface area contributed by atoms with Crippen LogP contribution in [0.4, 0.5) is 0 Å². The first-order chi connectivity index (χ1) is 14.5. The molecule has 1 aliphatic heterocycles. The summed E-state index contributed by atoms with van der Waals surface area (Å²) < 4.78 is 5.55. The van der Waals surface area contributed by atoms with E-state index in [0.29, 0.717) is 6.54 Å². The van der Waals surface area contributed by atoms with Crippen LogP contribution in [-0.2, 0) is 27.5 Å². The van der Waals surface area contributed by atoms with E-state index in [-0.39, 0.29) is 30.4 Å². The zero-order valence-corrected chi connectivity index (χ0v) is 18.0. The van der Waals surface area contributed by atoms with Gasteiger partial charge in [0.05, 0.1) is 6.04 Å². The molecule has 0 bridgehead atoms. The Morgan fingerprint density at radius 3 is 2.57 bits per heavy atom. The number of esters is 1. The Labute approximate surface area is 178 Å². The predicted molar refractivity (Wildman–Crippen MR) is 115 cm³/mol. The van der Waals surface area contributed by atoms with Gasteiger partial charge >= 0.3 is 5.97 Å². The molecule has 2 atom stereocenters. The summed E-state index contributed by atoms with van der Waals surface area (Å²) in [4.78, 5) is 34.1. The Morgan fingerprint density at radius 1 is 1.17 bits per heavy atom. The largest absolute Gasteiger partial charge is 0.459 e. The van der Waals surface area contributed by atoms with Crippen molar-refractivity contribution in [2.45, 2.75) is 51.9 Å². The van der Waals surface area contributed by atoms with Crippen LogP contribution in [0, 0.1) is 5.92 Å². The minimum Gasteiger partial charge on any atom is -0.459 e. The summed E-state index contributed by atoms with van der Waals surface area (Å²) in [6.07, 6.45) is 5.35. The van der Waals surface area contributed by atoms with Gasteiger partial charge in [0.1, 0.15) is 12.6 Å². The summed E-state index contributed by atoms with van der Waals surface area (Å²) in [5, 5.41) is 0. The average Bonchev–Trinajstić information content (AvgIpc) is 3.21. The van der Waals surface area contributed by atoms with E-state index < -0.39 is 6.04 Å². The topological polar surface area (TPSA) is 62.7 Å². The lowest BCUT2D eigenvalue weighted by Gasteiger charge is -2.33. The van der Waals surface area contributed by atoms with Crippen LogP contribution < -0.4 is 0 Å². The molecule has 6 nitrogen and oxygen atoms in total. The van der Waals surface area contributed by atoms with Crippen molar-refractivity contribution in [1.29, 1.82) is 0 Å². The number of carbonyl (C=O) groups excluding carboxylic acids is 2. The second kappa shape index (κ2) is 10.3. The third kappa shape index (κ3) is 5.45. The second-order valence-corrected chi connectivity index (χ2v) is 8.22. The van der Waals surface area contributed by atoms with Crippen molar-refractivity contribution in [3.05, 3.63) is 66.0 Å². The third-order valence-corrected chi connectivity index (χ3v) is 5.62. The van der Waals surface area contributed by atoms with Crippen molar-refractivity contribution in [2.75, 3.05) is 13.6 Å². The molecule has 160 valence electrons. The van der Waals surface area contributed by atoms with Crippen LogP contribution in [0.25, 0.3) is 0 Å². The van der Waals surface area contributed by atoms with Crippen molar-refractivity contribution in [2.24, 2.45) is 5.92 Å². The van der Waals surface area contributed by atoms with E-state index in [2.05, 4.69) is 9.88 Å². The molecular formula is C24H31N3O3. The molecule has 2 aromatic rings. The highest BCUT2D eigenvalue weighted by Gasteiger charge is 2.38. The minimum absolute atomic E-state index is 0.0215. The Bertz CT molecular complexity index is 826. The lowest BCUT2D eigenvalue weighted by atomic mass is 10.0. The number of pyridine rings is 1. The number of likely N-dealkylation sites (N-methyl/N-ethyl adjacent to an activating group) is 1. The summed E-state index contributed by atoms with van der Waals surface area (Å²) in [7, 11) is 1.72. The Morgan fingerprint density at radius 2 is 1.90 bits per heavy atom. The van der Waals surface area contributed by atoms with Crippen LogP contribution in [0.15, 0.2) is 54.9 Å². The van der Waals surface area contributed by atoms with Crippen molar-refractivity contribution in [1.82, 2.24) is 14.8 Å². The zero-order chi connectivity index (χ0) is 21.5. The molecule has 30 heavy (non-hydrogen) atoms. The van der Waals surface area contributed by atoms with Gasteiger partial charge in [-0.25, -0.2) is 4.79 Å². The first-order valence-electron chi connectivity index (χ1n) is 10.6. The minimum atomic E-state index is -0.609. The van der Waals surface area contributed by atoms with E-state index in [1.165, 1.54) is 0 Å². The summed E-state index contributed by atoms with van der Waals surface area (Å²) in [6, 6.07) is 12.7. The number of aromatic nitrogens is 1. The molecule has 1 aromatic carbocycles. The maximum absolute atomic E-state index is 13.3. The summed E-state index contributed by atoms with van der Waals surface area (Å²) in [6.45, 7) is 5.65. The van der Waals surface area contributed by atoms with Gasteiger partial charge in [0, 0.05) is 26.0 Å². The molecule has 1 saturated heterocycles. The van der Waals surface area contributed by atoms with Gasteiger partial charge in [0.15, 0.2) is 0 Å². The predicted octanol–water partition coefficient (Wildman–Crippen LogP) is 3.27. The fourth-order valence-electron chi connectivity index (χ4n) is 4.08. The summed E-state index contributed by atoms with van der Waals surface area (Å²) >= 11 is 0. The molecule has 3 rings (SSSR count). The number of benzene rings is 1. The molecule has 0 saturated carbocycles. The summed E-state index contributed by atoms with van der Waals surface area (Å²) in [5.41, 5.74) is 2.02. The van der Waals surface area contributed by atoms with E-state index in [0.717, 1.165) is 30.5 Å². The number of ether oxygens (including phenoxy) is 1. The van der Waals surface area contributed by atoms with Crippen LogP contribution in [-0.4, -0.2) is 52.3 Å². The average molecular weight is 410 g/mol. The van der Waals surface area contributed by atoms with Gasteiger partial charge in [-0.3, -0.25) is 14.7 Å². The van der Waals surface area contributed by atoms with E-state index in [4.69, 9.17) is 4.74 Å². The normalized spacial score (nSPS) is 17.7. The first kappa shape index (κ1) is 22.0. The van der Waals surface area contributed by atoms with Gasteiger partial charge in [0.25, 0.3) is 0 Å². The summed E-state index contributed by atoms with van der Waals surface area (Å²) in [5.74, 6) is -0.427. The number of rotatable bonds is 8. The molecule has 1 aliphatic rings. The molecule has 1 aromatic heterocycles. The fourth-order valence-corrected chi connectivity index (χ4v) is 4.08. The number of hydrogen-bond acceptors (Lipinski definition) is 5. The molecule has 0 spiro atoms. The molecular weight excluding hydrogens is 378 g/mol. The lowest BCUT2D eigenvalue weighted by molar-refractivity contribution is -0.158. The number of likely N-dealkylation sites (tertiary alicyclic amines) is 1. The maximum Gasteiger partial charge on any atom is 0.329 e.